The van der Waals surface area contributed by atoms with Crippen LogP contribution in [0.4, 0.5) is 74.6 Å². The van der Waals surface area contributed by atoms with Crippen molar-refractivity contribution in [1.82, 2.24) is 0 Å². The van der Waals surface area contributed by atoms with E-state index in [0.29, 0.717) is 0 Å². The molecule has 4 nitrogen and oxygen atoms in total. The fraction of sp³-hybridized carbons (Fsp3) is 0.947. The maximum absolute atomic E-state index is 14.5. The number of halogens is 17. The molecule has 0 heterocycles. The predicted octanol–water partition coefficient (Wildman–Crippen LogP) is 8.21. The second-order valence-electron chi connectivity index (χ2n) is 9.29. The van der Waals surface area contributed by atoms with Gasteiger partial charge in [0, 0.05) is 16.9 Å². The highest BCUT2D eigenvalue weighted by atomic mass is 32.3. The van der Waals surface area contributed by atoms with Crippen LogP contribution in [0.3, 0.4) is 0 Å². The van der Waals surface area contributed by atoms with Gasteiger partial charge in [-0.1, -0.05) is 34.6 Å². The summed E-state index contributed by atoms with van der Waals surface area (Å²) >= 11 is 0. The lowest BCUT2D eigenvalue weighted by Crippen LogP contribution is -2.75. The zero-order chi connectivity index (χ0) is 34.6. The molecule has 0 aromatic rings. The molecule has 0 bridgehead atoms. The molecule has 0 aliphatic heterocycles. The van der Waals surface area contributed by atoms with Gasteiger partial charge < -0.3 is 0 Å². The SMILES string of the molecule is CCCC(=O)CS(OS(=O)(=O)C(F)(F)C(F)(F)C(F)(F)C(F)(F)C(F)(F)C(F)(F)C(F)(F)C(F)(F)F)(C(C)C)C(C)C. The molecule has 23 heteroatoms. The van der Waals surface area contributed by atoms with Crippen molar-refractivity contribution in [3.63, 3.8) is 0 Å². The molecule has 0 unspecified atom stereocenters. The number of carbonyl (C=O) groups excluding carboxylic acids is 1. The van der Waals surface area contributed by atoms with E-state index in [4.69, 9.17) is 0 Å². The van der Waals surface area contributed by atoms with Crippen LogP contribution in [-0.2, 0) is 18.5 Å². The van der Waals surface area contributed by atoms with Crippen molar-refractivity contribution in [2.75, 3.05) is 5.75 Å². The van der Waals surface area contributed by atoms with Gasteiger partial charge in [-0.25, -0.2) is 3.63 Å². The lowest BCUT2D eigenvalue weighted by atomic mass is 9.91. The summed E-state index contributed by atoms with van der Waals surface area (Å²) in [6, 6.07) is 0. The van der Waals surface area contributed by atoms with E-state index in [9.17, 15) is 87.8 Å². The highest BCUT2D eigenvalue weighted by molar-refractivity contribution is 8.34. The molecule has 0 spiro atoms. The van der Waals surface area contributed by atoms with E-state index in [2.05, 4.69) is 3.63 Å². The average molecular weight is 702 g/mol. The molecular formula is C19H23F17O4S2. The van der Waals surface area contributed by atoms with E-state index in [1.807, 2.05) is 0 Å². The normalized spacial score (nSPS) is 16.4. The van der Waals surface area contributed by atoms with Gasteiger partial charge in [-0.05, 0) is 6.42 Å². The standard InChI is InChI=1S/C19H23F17O4S2/c1-6-7-11(37)8-41(9(2)3,10(4)5)40-42(38,39)19(35,36)17(30,31)15(26,27)13(22,23)12(20,21)14(24,25)16(28,29)18(32,33)34/h9-10H,6-8H2,1-5H3. The summed E-state index contributed by atoms with van der Waals surface area (Å²) < 4.78 is 259. The Morgan fingerprint density at radius 1 is 0.595 bits per heavy atom. The van der Waals surface area contributed by atoms with Gasteiger partial charge in [0.2, 0.25) is 0 Å². The van der Waals surface area contributed by atoms with Crippen LogP contribution in [0.25, 0.3) is 0 Å². The number of carbonyl (C=O) groups is 1. The smallest absolute Gasteiger partial charge is 0.299 e. The second kappa shape index (κ2) is 11.6. The highest BCUT2D eigenvalue weighted by Gasteiger charge is 2.96. The summed E-state index contributed by atoms with van der Waals surface area (Å²) in [5, 5.41) is -10.6. The van der Waals surface area contributed by atoms with Gasteiger partial charge in [-0.3, -0.25) is 4.79 Å². The van der Waals surface area contributed by atoms with Crippen LogP contribution in [0.15, 0.2) is 0 Å². The topological polar surface area (TPSA) is 60.4 Å². The van der Waals surface area contributed by atoms with Crippen LogP contribution in [0, 0.1) is 0 Å². The van der Waals surface area contributed by atoms with Gasteiger partial charge in [0.1, 0.15) is 5.78 Å². The molecule has 0 atom stereocenters. The minimum Gasteiger partial charge on any atom is -0.299 e. The average Bonchev–Trinajstić information content (AvgIpc) is 2.76. The minimum atomic E-state index is -8.93. The van der Waals surface area contributed by atoms with E-state index in [1.165, 1.54) is 6.92 Å². The lowest BCUT2D eigenvalue weighted by Gasteiger charge is -2.46. The third-order valence-corrected chi connectivity index (χ3v) is 12.3. The Bertz CT molecular complexity index is 1070. The van der Waals surface area contributed by atoms with E-state index in [1.54, 1.807) is 0 Å². The number of hydrogen-bond acceptors (Lipinski definition) is 4. The zero-order valence-corrected chi connectivity index (χ0v) is 23.3. The van der Waals surface area contributed by atoms with Crippen molar-refractivity contribution in [2.24, 2.45) is 0 Å². The Balaban J connectivity index is 7.21. The third kappa shape index (κ3) is 5.90. The van der Waals surface area contributed by atoms with Crippen molar-refractivity contribution < 1.29 is 91.5 Å². The first-order valence-corrected chi connectivity index (χ1v) is 14.3. The molecule has 0 aromatic heterocycles. The van der Waals surface area contributed by atoms with E-state index in [-0.39, 0.29) is 6.42 Å². The minimum absolute atomic E-state index is 0.0407. The first kappa shape index (κ1) is 40.7. The van der Waals surface area contributed by atoms with Gasteiger partial charge in [-0.15, -0.1) is 10.3 Å². The molecule has 0 aliphatic rings. The zero-order valence-electron chi connectivity index (χ0n) is 21.7. The monoisotopic (exact) mass is 702 g/mol. The quantitative estimate of drug-likeness (QED) is 0.162. The molecule has 0 rings (SSSR count). The fourth-order valence-corrected chi connectivity index (χ4v) is 9.15. The van der Waals surface area contributed by atoms with Gasteiger partial charge in [-0.2, -0.15) is 83.1 Å². The summed E-state index contributed by atoms with van der Waals surface area (Å²) in [5.41, 5.74) is 0. The van der Waals surface area contributed by atoms with Crippen molar-refractivity contribution in [3.05, 3.63) is 0 Å². The summed E-state index contributed by atoms with van der Waals surface area (Å²) in [7, 11) is -11.8. The lowest BCUT2D eigenvalue weighted by molar-refractivity contribution is -0.458. The van der Waals surface area contributed by atoms with Crippen molar-refractivity contribution in [2.45, 2.75) is 105 Å². The molecule has 0 amide bonds. The van der Waals surface area contributed by atoms with Crippen LogP contribution in [0.1, 0.15) is 47.5 Å². The molecule has 254 valence electrons. The first-order valence-electron chi connectivity index (χ1n) is 11.0. The Kier molecular flexibility index (Phi) is 11.2. The molecule has 0 aromatic carbocycles. The van der Waals surface area contributed by atoms with E-state index >= 15 is 0 Å². The summed E-state index contributed by atoms with van der Waals surface area (Å²) in [6.07, 6.45) is -8.27. The van der Waals surface area contributed by atoms with Gasteiger partial charge >= 0.3 is 57.1 Å². The highest BCUT2D eigenvalue weighted by Crippen LogP contribution is 2.66. The molecule has 0 radical (unpaired) electrons. The van der Waals surface area contributed by atoms with Gasteiger partial charge in [0.25, 0.3) is 0 Å². The summed E-state index contributed by atoms with van der Waals surface area (Å²) in [4.78, 5) is 12.1. The summed E-state index contributed by atoms with van der Waals surface area (Å²) in [5.74, 6) is -54.3. The molecule has 0 fully saturated rings. The largest absolute Gasteiger partial charge is 0.460 e. The predicted molar refractivity (Wildman–Crippen MR) is 113 cm³/mol. The molecule has 0 aliphatic carbocycles. The molecule has 0 saturated carbocycles. The van der Waals surface area contributed by atoms with Crippen molar-refractivity contribution in [3.8, 4) is 0 Å². The number of Topliss-reactive ketones (excluding diaryl/α,β-unsaturated/α-hetero) is 1. The summed E-state index contributed by atoms with van der Waals surface area (Å²) in [6.45, 7) is 5.25. The first-order chi connectivity index (χ1) is 18.0. The molecular weight excluding hydrogens is 679 g/mol. The number of alkyl halides is 17. The Labute approximate surface area is 228 Å². The fourth-order valence-electron chi connectivity index (χ4n) is 3.18. The van der Waals surface area contributed by atoms with Crippen LogP contribution in [0.5, 0.6) is 0 Å². The van der Waals surface area contributed by atoms with Crippen LogP contribution in [0.2, 0.25) is 0 Å². The van der Waals surface area contributed by atoms with Gasteiger partial charge in [0.05, 0.1) is 5.75 Å². The third-order valence-electron chi connectivity index (χ3n) is 5.73. The maximum Gasteiger partial charge on any atom is 0.460 e. The van der Waals surface area contributed by atoms with Gasteiger partial charge in [0.15, 0.2) is 0 Å². The Morgan fingerprint density at radius 3 is 1.19 bits per heavy atom. The van der Waals surface area contributed by atoms with Crippen LogP contribution >= 0.6 is 10.3 Å². The second-order valence-corrected chi connectivity index (χ2v) is 15.0. The molecule has 0 saturated heterocycles. The number of hydrogen-bond donors (Lipinski definition) is 0. The molecule has 42 heavy (non-hydrogen) atoms. The van der Waals surface area contributed by atoms with E-state index in [0.717, 1.165) is 27.7 Å². The Morgan fingerprint density at radius 2 is 0.905 bits per heavy atom. The maximum atomic E-state index is 14.5. The van der Waals surface area contributed by atoms with Crippen LogP contribution < -0.4 is 0 Å². The number of rotatable bonds is 15. The molecule has 0 N–H and O–H groups in total. The van der Waals surface area contributed by atoms with Crippen LogP contribution in [-0.4, -0.2) is 77.4 Å². The number of ketones is 1. The van der Waals surface area contributed by atoms with Crippen molar-refractivity contribution >= 4 is 26.2 Å². The van der Waals surface area contributed by atoms with Crippen molar-refractivity contribution in [1.29, 1.82) is 0 Å². The Hall–Kier alpha value is -1.26. The van der Waals surface area contributed by atoms with E-state index < -0.39 is 95.8 Å².